The molecule has 0 bridgehead atoms. The SMILES string of the molecule is COC(=O)CS(=O)(=O)N1CCCCC1C(=O)O. The molecule has 1 aliphatic heterocycles. The van der Waals surface area contributed by atoms with Gasteiger partial charge in [0.2, 0.25) is 10.0 Å². The van der Waals surface area contributed by atoms with Gasteiger partial charge in [0.05, 0.1) is 7.11 Å². The van der Waals surface area contributed by atoms with Gasteiger partial charge in [-0.2, -0.15) is 4.31 Å². The zero-order valence-electron chi connectivity index (χ0n) is 9.46. The van der Waals surface area contributed by atoms with E-state index in [1.54, 1.807) is 0 Å². The highest BCUT2D eigenvalue weighted by molar-refractivity contribution is 7.89. The van der Waals surface area contributed by atoms with E-state index in [0.717, 1.165) is 11.4 Å². The number of ether oxygens (including phenoxy) is 1. The second-order valence-electron chi connectivity index (χ2n) is 3.79. The van der Waals surface area contributed by atoms with Crippen LogP contribution in [-0.4, -0.2) is 55.2 Å². The quantitative estimate of drug-likeness (QED) is 0.683. The average molecular weight is 265 g/mol. The molecule has 0 saturated carbocycles. The van der Waals surface area contributed by atoms with Crippen molar-refractivity contribution in [2.75, 3.05) is 19.4 Å². The highest BCUT2D eigenvalue weighted by Gasteiger charge is 2.37. The van der Waals surface area contributed by atoms with Gasteiger partial charge in [0.25, 0.3) is 0 Å². The third-order valence-electron chi connectivity index (χ3n) is 2.62. The van der Waals surface area contributed by atoms with Crippen molar-refractivity contribution in [3.05, 3.63) is 0 Å². The Kier molecular flexibility index (Phi) is 4.47. The lowest BCUT2D eigenvalue weighted by molar-refractivity contribution is -0.143. The summed E-state index contributed by atoms with van der Waals surface area (Å²) in [6.07, 6.45) is 1.54. The van der Waals surface area contributed by atoms with E-state index in [0.29, 0.717) is 12.8 Å². The first-order chi connectivity index (χ1) is 7.88. The number of carboxylic acid groups (broad SMARTS) is 1. The van der Waals surface area contributed by atoms with Crippen LogP contribution in [0.3, 0.4) is 0 Å². The second kappa shape index (κ2) is 5.46. The summed E-state index contributed by atoms with van der Waals surface area (Å²) in [7, 11) is -2.82. The Hall–Kier alpha value is -1.15. The first kappa shape index (κ1) is 13.9. The van der Waals surface area contributed by atoms with Crippen LogP contribution in [0, 0.1) is 0 Å². The zero-order chi connectivity index (χ0) is 13.1. The number of esters is 1. The molecule has 1 heterocycles. The van der Waals surface area contributed by atoms with Crippen molar-refractivity contribution < 1.29 is 27.9 Å². The summed E-state index contributed by atoms with van der Waals surface area (Å²) < 4.78 is 28.8. The van der Waals surface area contributed by atoms with Gasteiger partial charge >= 0.3 is 11.9 Å². The Morgan fingerprint density at radius 1 is 1.41 bits per heavy atom. The molecular weight excluding hydrogens is 250 g/mol. The molecule has 1 rings (SSSR count). The molecule has 1 aliphatic rings. The molecule has 17 heavy (non-hydrogen) atoms. The minimum atomic E-state index is -3.91. The fourth-order valence-corrected chi connectivity index (χ4v) is 3.35. The molecule has 0 aliphatic carbocycles. The van der Waals surface area contributed by atoms with Crippen LogP contribution in [0.5, 0.6) is 0 Å². The lowest BCUT2D eigenvalue weighted by Gasteiger charge is -2.31. The van der Waals surface area contributed by atoms with Gasteiger partial charge in [-0.15, -0.1) is 0 Å². The summed E-state index contributed by atoms with van der Waals surface area (Å²) in [5.74, 6) is -2.88. The van der Waals surface area contributed by atoms with E-state index in [-0.39, 0.29) is 13.0 Å². The van der Waals surface area contributed by atoms with Gasteiger partial charge < -0.3 is 9.84 Å². The summed E-state index contributed by atoms with van der Waals surface area (Å²) in [5, 5.41) is 8.94. The van der Waals surface area contributed by atoms with Crippen molar-refractivity contribution in [1.82, 2.24) is 4.31 Å². The molecule has 0 amide bonds. The maximum absolute atomic E-state index is 11.8. The van der Waals surface area contributed by atoms with Gasteiger partial charge in [-0.1, -0.05) is 0 Å². The summed E-state index contributed by atoms with van der Waals surface area (Å²) in [6, 6.07) is -1.07. The van der Waals surface area contributed by atoms with Gasteiger partial charge in [0.1, 0.15) is 6.04 Å². The van der Waals surface area contributed by atoms with Crippen LogP contribution in [0.4, 0.5) is 0 Å². The van der Waals surface area contributed by atoms with E-state index < -0.39 is 33.8 Å². The topological polar surface area (TPSA) is 101 Å². The van der Waals surface area contributed by atoms with E-state index in [9.17, 15) is 18.0 Å². The second-order valence-corrected chi connectivity index (χ2v) is 5.71. The normalized spacial score (nSPS) is 22.1. The Morgan fingerprint density at radius 2 is 2.06 bits per heavy atom. The molecule has 7 nitrogen and oxygen atoms in total. The van der Waals surface area contributed by atoms with Gasteiger partial charge in [0, 0.05) is 6.54 Å². The monoisotopic (exact) mass is 265 g/mol. The fourth-order valence-electron chi connectivity index (χ4n) is 1.78. The smallest absolute Gasteiger partial charge is 0.322 e. The van der Waals surface area contributed by atoms with Crippen molar-refractivity contribution >= 4 is 22.0 Å². The Morgan fingerprint density at radius 3 is 2.59 bits per heavy atom. The molecule has 8 heteroatoms. The molecule has 1 atom stereocenters. The van der Waals surface area contributed by atoms with Crippen molar-refractivity contribution in [3.8, 4) is 0 Å². The predicted octanol–water partition coefficient (Wildman–Crippen LogP) is -0.572. The van der Waals surface area contributed by atoms with Crippen LogP contribution in [0.15, 0.2) is 0 Å². The first-order valence-electron chi connectivity index (χ1n) is 5.17. The third kappa shape index (κ3) is 3.40. The molecule has 0 aromatic carbocycles. The first-order valence-corrected chi connectivity index (χ1v) is 6.78. The molecule has 1 unspecified atom stereocenters. The number of carbonyl (C=O) groups excluding carboxylic acids is 1. The van der Waals surface area contributed by atoms with E-state index in [1.165, 1.54) is 0 Å². The van der Waals surface area contributed by atoms with E-state index in [2.05, 4.69) is 4.74 Å². The number of aliphatic carboxylic acids is 1. The molecule has 1 N–H and O–H groups in total. The number of methoxy groups -OCH3 is 1. The molecule has 0 aromatic heterocycles. The highest BCUT2D eigenvalue weighted by atomic mass is 32.2. The number of hydrogen-bond acceptors (Lipinski definition) is 5. The van der Waals surface area contributed by atoms with Gasteiger partial charge in [0.15, 0.2) is 5.75 Å². The van der Waals surface area contributed by atoms with Crippen LogP contribution < -0.4 is 0 Å². The van der Waals surface area contributed by atoms with E-state index in [1.807, 2.05) is 0 Å². The summed E-state index contributed by atoms with van der Waals surface area (Å²) in [4.78, 5) is 21.9. The van der Waals surface area contributed by atoms with Gasteiger partial charge in [-0.25, -0.2) is 8.42 Å². The Bertz CT molecular complexity index is 404. The third-order valence-corrected chi connectivity index (χ3v) is 4.38. The maximum Gasteiger partial charge on any atom is 0.322 e. The number of hydrogen-bond donors (Lipinski definition) is 1. The zero-order valence-corrected chi connectivity index (χ0v) is 10.3. The van der Waals surface area contributed by atoms with Gasteiger partial charge in [-0.3, -0.25) is 9.59 Å². The molecule has 0 radical (unpaired) electrons. The number of piperidine rings is 1. The Labute approximate surface area is 99.4 Å². The van der Waals surface area contributed by atoms with Crippen molar-refractivity contribution in [2.45, 2.75) is 25.3 Å². The minimum Gasteiger partial charge on any atom is -0.480 e. The largest absolute Gasteiger partial charge is 0.480 e. The van der Waals surface area contributed by atoms with Crippen LogP contribution >= 0.6 is 0 Å². The summed E-state index contributed by atoms with van der Waals surface area (Å²) in [5.41, 5.74) is 0. The fraction of sp³-hybridized carbons (Fsp3) is 0.778. The number of rotatable bonds is 4. The average Bonchev–Trinajstić information content (AvgIpc) is 2.28. The molecule has 0 spiro atoms. The maximum atomic E-state index is 11.8. The molecule has 1 saturated heterocycles. The van der Waals surface area contributed by atoms with Gasteiger partial charge in [-0.05, 0) is 19.3 Å². The lowest BCUT2D eigenvalue weighted by Crippen LogP contribution is -2.49. The van der Waals surface area contributed by atoms with Crippen molar-refractivity contribution in [3.63, 3.8) is 0 Å². The van der Waals surface area contributed by atoms with Crippen LogP contribution in [0.1, 0.15) is 19.3 Å². The minimum absolute atomic E-state index is 0.135. The number of carboxylic acids is 1. The Balaban J connectivity index is 2.87. The highest BCUT2D eigenvalue weighted by Crippen LogP contribution is 2.21. The van der Waals surface area contributed by atoms with E-state index in [4.69, 9.17) is 5.11 Å². The number of sulfonamides is 1. The number of nitrogens with zero attached hydrogens (tertiary/aromatic N) is 1. The van der Waals surface area contributed by atoms with Crippen LogP contribution in [0.25, 0.3) is 0 Å². The molecule has 1 fully saturated rings. The molecule has 98 valence electrons. The standard InChI is InChI=1S/C9H15NO6S/c1-16-8(11)6-17(14,15)10-5-3-2-4-7(10)9(12)13/h7H,2-6H2,1H3,(H,12,13). The van der Waals surface area contributed by atoms with Crippen molar-refractivity contribution in [1.29, 1.82) is 0 Å². The lowest BCUT2D eigenvalue weighted by atomic mass is 10.1. The van der Waals surface area contributed by atoms with Crippen LogP contribution in [-0.2, 0) is 24.3 Å². The summed E-state index contributed by atoms with van der Waals surface area (Å²) in [6.45, 7) is 0.135. The number of carbonyl (C=O) groups is 2. The molecular formula is C9H15NO6S. The van der Waals surface area contributed by atoms with E-state index >= 15 is 0 Å². The summed E-state index contributed by atoms with van der Waals surface area (Å²) >= 11 is 0. The predicted molar refractivity (Wildman–Crippen MR) is 57.8 cm³/mol. The van der Waals surface area contributed by atoms with Crippen molar-refractivity contribution in [2.24, 2.45) is 0 Å². The van der Waals surface area contributed by atoms with Crippen LogP contribution in [0.2, 0.25) is 0 Å². The molecule has 0 aromatic rings.